The molecule has 0 amide bonds. The van der Waals surface area contributed by atoms with Gasteiger partial charge in [0.1, 0.15) is 5.82 Å². The molecule has 0 atom stereocenters. The largest absolute Gasteiger partial charge is 0.492 e. The average molecular weight is 416 g/mol. The Morgan fingerprint density at radius 2 is 1.90 bits per heavy atom. The zero-order valence-electron chi connectivity index (χ0n) is 17.9. The quantitative estimate of drug-likeness (QED) is 0.545. The van der Waals surface area contributed by atoms with Crippen LogP contribution in [-0.4, -0.2) is 46.5 Å². The van der Waals surface area contributed by atoms with E-state index in [1.54, 1.807) is 18.8 Å². The lowest BCUT2D eigenvalue weighted by Crippen LogP contribution is -2.31. The van der Waals surface area contributed by atoms with Crippen molar-refractivity contribution >= 4 is 11.2 Å². The lowest BCUT2D eigenvalue weighted by atomic mass is 10.1. The first-order valence-corrected chi connectivity index (χ1v) is 10.1. The minimum absolute atomic E-state index is 0.335. The van der Waals surface area contributed by atoms with Crippen molar-refractivity contribution < 1.29 is 14.2 Å². The van der Waals surface area contributed by atoms with Crippen LogP contribution in [0.25, 0.3) is 22.6 Å². The Bertz CT molecular complexity index is 1130. The molecule has 0 aliphatic carbocycles. The number of benzene rings is 1. The van der Waals surface area contributed by atoms with E-state index in [-0.39, 0.29) is 0 Å². The predicted octanol–water partition coefficient (Wildman–Crippen LogP) is 2.41. The Morgan fingerprint density at radius 3 is 2.57 bits per heavy atom. The molecule has 0 spiro atoms. The van der Waals surface area contributed by atoms with Crippen LogP contribution in [-0.2, 0) is 17.8 Å². The Balaban J connectivity index is 2.35. The van der Waals surface area contributed by atoms with E-state index in [1.807, 2.05) is 32.0 Å². The van der Waals surface area contributed by atoms with Gasteiger partial charge in [-0.1, -0.05) is 19.4 Å². The first kappa shape index (κ1) is 21.6. The van der Waals surface area contributed by atoms with Crippen molar-refractivity contribution in [3.05, 3.63) is 39.0 Å². The number of nitrogens with one attached hydrogen (secondary N) is 1. The second-order valence-corrected chi connectivity index (χ2v) is 6.79. The third-order valence-corrected chi connectivity index (χ3v) is 4.86. The van der Waals surface area contributed by atoms with Crippen molar-refractivity contribution in [3.8, 4) is 22.9 Å². The number of fused-ring (bicyclic) bond motifs is 1. The highest BCUT2D eigenvalue weighted by molar-refractivity contribution is 5.80. The van der Waals surface area contributed by atoms with Crippen LogP contribution < -0.4 is 20.7 Å². The topological polar surface area (TPSA) is 100 Å². The molecule has 30 heavy (non-hydrogen) atoms. The molecular formula is C21H28N4O5. The number of H-pyrrole nitrogens is 1. The molecule has 0 radical (unpaired) electrons. The third-order valence-electron chi connectivity index (χ3n) is 4.86. The summed E-state index contributed by atoms with van der Waals surface area (Å²) >= 11 is 0. The number of hydrogen-bond donors (Lipinski definition) is 1. The summed E-state index contributed by atoms with van der Waals surface area (Å²) in [6.07, 6.45) is 1.71. The molecule has 0 aliphatic rings. The zero-order chi connectivity index (χ0) is 21.7. The monoisotopic (exact) mass is 416 g/mol. The number of aromatic nitrogens is 4. The van der Waals surface area contributed by atoms with E-state index in [1.165, 1.54) is 4.57 Å². The van der Waals surface area contributed by atoms with Gasteiger partial charge >= 0.3 is 5.69 Å². The number of para-hydroxylation sites is 1. The second-order valence-electron chi connectivity index (χ2n) is 6.79. The highest BCUT2D eigenvalue weighted by Gasteiger charge is 2.23. The molecule has 2 aromatic heterocycles. The standard InChI is InChI=1S/C21H28N4O5/c1-5-7-11-25-19-16(20(26)23-21(25)27)24(12-13-28-3)18(22-19)14-9-8-10-15(30-6-2)17(14)29-4/h8-10H,5-7,11-13H2,1-4H3,(H,23,26,27). The molecule has 9 nitrogen and oxygen atoms in total. The highest BCUT2D eigenvalue weighted by Crippen LogP contribution is 2.38. The van der Waals surface area contributed by atoms with Crippen molar-refractivity contribution in [1.29, 1.82) is 0 Å². The Kier molecular flexibility index (Phi) is 6.94. The van der Waals surface area contributed by atoms with Gasteiger partial charge in [0.25, 0.3) is 5.56 Å². The fourth-order valence-electron chi connectivity index (χ4n) is 3.47. The number of unbranched alkanes of at least 4 members (excludes halogenated alkanes) is 1. The second kappa shape index (κ2) is 9.62. The van der Waals surface area contributed by atoms with Gasteiger partial charge in [-0.2, -0.15) is 0 Å². The van der Waals surface area contributed by atoms with Crippen LogP contribution in [0.4, 0.5) is 0 Å². The molecule has 0 aliphatic heterocycles. The van der Waals surface area contributed by atoms with Gasteiger partial charge < -0.3 is 18.8 Å². The van der Waals surface area contributed by atoms with E-state index in [9.17, 15) is 9.59 Å². The molecule has 0 fully saturated rings. The van der Waals surface area contributed by atoms with E-state index in [2.05, 4.69) is 4.98 Å². The highest BCUT2D eigenvalue weighted by atomic mass is 16.5. The Labute approximate surface area is 174 Å². The average Bonchev–Trinajstić information content (AvgIpc) is 3.11. The van der Waals surface area contributed by atoms with Gasteiger partial charge in [-0.15, -0.1) is 0 Å². The van der Waals surface area contributed by atoms with Crippen LogP contribution in [0.5, 0.6) is 11.5 Å². The normalized spacial score (nSPS) is 11.2. The summed E-state index contributed by atoms with van der Waals surface area (Å²) < 4.78 is 19.9. The summed E-state index contributed by atoms with van der Waals surface area (Å²) in [5.41, 5.74) is 0.426. The number of imidazole rings is 1. The van der Waals surface area contributed by atoms with E-state index in [0.717, 1.165) is 12.8 Å². The van der Waals surface area contributed by atoms with Crippen molar-refractivity contribution in [2.24, 2.45) is 0 Å². The SMILES string of the molecule is CCCCn1c(=O)[nH]c(=O)c2c1nc(-c1cccc(OCC)c1OC)n2CCOC. The lowest BCUT2D eigenvalue weighted by molar-refractivity contribution is 0.188. The van der Waals surface area contributed by atoms with Gasteiger partial charge in [-0.05, 0) is 25.5 Å². The molecule has 0 unspecified atom stereocenters. The van der Waals surface area contributed by atoms with Gasteiger partial charge in [0.2, 0.25) is 0 Å². The maximum Gasteiger partial charge on any atom is 0.330 e. The summed E-state index contributed by atoms with van der Waals surface area (Å²) in [6, 6.07) is 5.52. The first-order chi connectivity index (χ1) is 14.6. The summed E-state index contributed by atoms with van der Waals surface area (Å²) in [5, 5.41) is 0. The lowest BCUT2D eigenvalue weighted by Gasteiger charge is -2.14. The molecule has 3 aromatic rings. The molecule has 0 bridgehead atoms. The number of aryl methyl sites for hydroxylation is 1. The molecule has 0 saturated heterocycles. The van der Waals surface area contributed by atoms with Gasteiger partial charge in [0.15, 0.2) is 22.7 Å². The fraction of sp³-hybridized carbons (Fsp3) is 0.476. The molecule has 0 saturated carbocycles. The van der Waals surface area contributed by atoms with Crippen LogP contribution in [0.1, 0.15) is 26.7 Å². The van der Waals surface area contributed by atoms with E-state index < -0.39 is 11.2 Å². The Morgan fingerprint density at radius 1 is 1.10 bits per heavy atom. The summed E-state index contributed by atoms with van der Waals surface area (Å²) in [6.45, 7) is 5.65. The number of nitrogens with zero attached hydrogens (tertiary/aromatic N) is 3. The van der Waals surface area contributed by atoms with Gasteiger partial charge in [0.05, 0.1) is 25.9 Å². The van der Waals surface area contributed by atoms with Crippen LogP contribution in [0.3, 0.4) is 0 Å². The molecule has 9 heteroatoms. The number of ether oxygens (including phenoxy) is 3. The minimum atomic E-state index is -0.475. The van der Waals surface area contributed by atoms with Gasteiger partial charge in [-0.3, -0.25) is 14.3 Å². The number of aromatic amines is 1. The summed E-state index contributed by atoms with van der Waals surface area (Å²) in [7, 11) is 3.16. The smallest absolute Gasteiger partial charge is 0.330 e. The van der Waals surface area contributed by atoms with E-state index in [4.69, 9.17) is 19.2 Å². The predicted molar refractivity (Wildman–Crippen MR) is 115 cm³/mol. The maximum absolute atomic E-state index is 12.8. The minimum Gasteiger partial charge on any atom is -0.492 e. The number of rotatable bonds is 10. The maximum atomic E-state index is 12.8. The molecule has 3 rings (SSSR count). The van der Waals surface area contributed by atoms with E-state index >= 15 is 0 Å². The van der Waals surface area contributed by atoms with E-state index in [0.29, 0.717) is 60.4 Å². The van der Waals surface area contributed by atoms with Crippen molar-refractivity contribution in [2.45, 2.75) is 39.8 Å². The molecule has 1 aromatic carbocycles. The molecule has 1 N–H and O–H groups in total. The first-order valence-electron chi connectivity index (χ1n) is 10.1. The fourth-order valence-corrected chi connectivity index (χ4v) is 3.47. The molecular weight excluding hydrogens is 388 g/mol. The molecule has 162 valence electrons. The number of methoxy groups -OCH3 is 2. The number of hydrogen-bond acceptors (Lipinski definition) is 6. The van der Waals surface area contributed by atoms with Crippen molar-refractivity contribution in [1.82, 2.24) is 19.1 Å². The van der Waals surface area contributed by atoms with Gasteiger partial charge in [0, 0.05) is 20.2 Å². The van der Waals surface area contributed by atoms with Gasteiger partial charge in [-0.25, -0.2) is 9.78 Å². The molecule has 2 heterocycles. The van der Waals surface area contributed by atoms with Crippen LogP contribution in [0.15, 0.2) is 27.8 Å². The van der Waals surface area contributed by atoms with Crippen molar-refractivity contribution in [2.75, 3.05) is 27.4 Å². The zero-order valence-corrected chi connectivity index (χ0v) is 17.9. The van der Waals surface area contributed by atoms with Crippen molar-refractivity contribution in [3.63, 3.8) is 0 Å². The Hall–Kier alpha value is -3.07. The summed E-state index contributed by atoms with van der Waals surface area (Å²) in [5.74, 6) is 1.62. The third kappa shape index (κ3) is 3.97. The summed E-state index contributed by atoms with van der Waals surface area (Å²) in [4.78, 5) is 32.4. The van der Waals surface area contributed by atoms with Crippen LogP contribution in [0, 0.1) is 0 Å². The van der Waals surface area contributed by atoms with Crippen LogP contribution >= 0.6 is 0 Å². The van der Waals surface area contributed by atoms with Crippen LogP contribution in [0.2, 0.25) is 0 Å².